The maximum atomic E-state index is 12.7. The van der Waals surface area contributed by atoms with Gasteiger partial charge < -0.3 is 14.3 Å². The number of likely N-dealkylation sites (N-methyl/N-ethyl adjacent to an activating group) is 1. The molecule has 2 fully saturated rings. The smallest absolute Gasteiger partial charge is 0.226 e. The second kappa shape index (κ2) is 8.10. The molecule has 1 amide bonds. The second-order valence-electron chi connectivity index (χ2n) is 7.19. The van der Waals surface area contributed by atoms with Gasteiger partial charge in [-0.2, -0.15) is 4.98 Å². The van der Waals surface area contributed by atoms with Crippen molar-refractivity contribution in [1.82, 2.24) is 19.9 Å². The number of aryl methyl sites for hydroxylation is 2. The molecule has 1 aromatic heterocycles. The molecule has 1 aromatic rings. The summed E-state index contributed by atoms with van der Waals surface area (Å²) in [5, 5.41) is 3.97. The third kappa shape index (κ3) is 3.97. The van der Waals surface area contributed by atoms with E-state index in [2.05, 4.69) is 33.9 Å². The predicted molar refractivity (Wildman–Crippen MR) is 91.6 cm³/mol. The lowest BCUT2D eigenvalue weighted by molar-refractivity contribution is -0.133. The second-order valence-corrected chi connectivity index (χ2v) is 7.19. The maximum Gasteiger partial charge on any atom is 0.226 e. The van der Waals surface area contributed by atoms with E-state index in [1.54, 1.807) is 0 Å². The first-order valence-electron chi connectivity index (χ1n) is 9.50. The van der Waals surface area contributed by atoms with Crippen molar-refractivity contribution in [2.24, 2.45) is 0 Å². The summed E-state index contributed by atoms with van der Waals surface area (Å²) in [6, 6.07) is 0.980. The van der Waals surface area contributed by atoms with Crippen molar-refractivity contribution in [2.45, 2.75) is 76.8 Å². The van der Waals surface area contributed by atoms with Crippen LogP contribution in [0.3, 0.4) is 0 Å². The third-order valence-electron chi connectivity index (χ3n) is 5.41. The van der Waals surface area contributed by atoms with Gasteiger partial charge in [-0.3, -0.25) is 4.79 Å². The summed E-state index contributed by atoms with van der Waals surface area (Å²) in [4.78, 5) is 21.6. The first kappa shape index (κ1) is 17.4. The van der Waals surface area contributed by atoms with E-state index in [1.807, 2.05) is 0 Å². The van der Waals surface area contributed by atoms with Gasteiger partial charge in [-0.05, 0) is 52.1 Å². The molecule has 0 aliphatic carbocycles. The Kier molecular flexibility index (Phi) is 5.87. The van der Waals surface area contributed by atoms with Gasteiger partial charge in [0.15, 0.2) is 5.82 Å². The summed E-state index contributed by atoms with van der Waals surface area (Å²) >= 11 is 0. The standard InChI is InChI=1S/C18H30N4O2/c1-3-7-16-19-17(24-20-16)10-4-11-18(23)22-13-6-9-15(22)14-8-5-12-21(14)2/h14-15H,3-13H2,1-2H3/t14-,15-/m0/s1. The molecule has 0 saturated carbocycles. The van der Waals surface area contributed by atoms with E-state index in [0.717, 1.165) is 44.5 Å². The molecule has 2 saturated heterocycles. The van der Waals surface area contributed by atoms with E-state index in [0.29, 0.717) is 36.7 Å². The van der Waals surface area contributed by atoms with E-state index in [-0.39, 0.29) is 0 Å². The molecule has 6 heteroatoms. The van der Waals surface area contributed by atoms with Gasteiger partial charge >= 0.3 is 0 Å². The number of carbonyl (C=O) groups excluding carboxylic acids is 1. The van der Waals surface area contributed by atoms with Crippen LogP contribution in [0.1, 0.15) is 63.6 Å². The van der Waals surface area contributed by atoms with Crippen LogP contribution in [-0.4, -0.2) is 58.1 Å². The molecular weight excluding hydrogens is 304 g/mol. The summed E-state index contributed by atoms with van der Waals surface area (Å²) in [7, 11) is 2.20. The first-order chi connectivity index (χ1) is 11.7. The zero-order valence-corrected chi connectivity index (χ0v) is 15.0. The fourth-order valence-electron chi connectivity index (χ4n) is 4.18. The largest absolute Gasteiger partial charge is 0.339 e. The molecular formula is C18H30N4O2. The number of amides is 1. The highest BCUT2D eigenvalue weighted by Gasteiger charge is 2.37. The molecule has 0 aromatic carbocycles. The lowest BCUT2D eigenvalue weighted by Gasteiger charge is -2.33. The Morgan fingerprint density at radius 3 is 2.75 bits per heavy atom. The van der Waals surface area contributed by atoms with Gasteiger partial charge in [0.05, 0.1) is 0 Å². The quantitative estimate of drug-likeness (QED) is 0.766. The number of carbonyl (C=O) groups is 1. The van der Waals surface area contributed by atoms with Crippen molar-refractivity contribution < 1.29 is 9.32 Å². The van der Waals surface area contributed by atoms with Gasteiger partial charge in [-0.1, -0.05) is 12.1 Å². The molecule has 24 heavy (non-hydrogen) atoms. The number of hydrogen-bond acceptors (Lipinski definition) is 5. The van der Waals surface area contributed by atoms with Crippen LogP contribution in [0.5, 0.6) is 0 Å². The van der Waals surface area contributed by atoms with Crippen LogP contribution < -0.4 is 0 Å². The number of rotatable bonds is 7. The number of aromatic nitrogens is 2. The minimum absolute atomic E-state index is 0.297. The Balaban J connectivity index is 1.47. The molecule has 2 aliphatic heterocycles. The summed E-state index contributed by atoms with van der Waals surface area (Å²) < 4.78 is 5.25. The van der Waals surface area contributed by atoms with Gasteiger partial charge in [0.1, 0.15) is 0 Å². The van der Waals surface area contributed by atoms with Crippen LogP contribution in [0.25, 0.3) is 0 Å². The average Bonchev–Trinajstić information content (AvgIpc) is 3.28. The van der Waals surface area contributed by atoms with Gasteiger partial charge in [-0.25, -0.2) is 0 Å². The third-order valence-corrected chi connectivity index (χ3v) is 5.41. The number of nitrogens with zero attached hydrogens (tertiary/aromatic N) is 4. The Morgan fingerprint density at radius 1 is 1.21 bits per heavy atom. The van der Waals surface area contributed by atoms with Crippen LogP contribution in [-0.2, 0) is 17.6 Å². The normalized spacial score (nSPS) is 24.8. The van der Waals surface area contributed by atoms with E-state index in [4.69, 9.17) is 4.52 Å². The van der Waals surface area contributed by atoms with Gasteiger partial charge in [0.2, 0.25) is 11.8 Å². The highest BCUT2D eigenvalue weighted by atomic mass is 16.5. The SMILES string of the molecule is CCCc1noc(CCCC(=O)N2CCC[C@H]2[C@@H]2CCCN2C)n1. The zero-order valence-electron chi connectivity index (χ0n) is 15.0. The fourth-order valence-corrected chi connectivity index (χ4v) is 4.18. The summed E-state index contributed by atoms with van der Waals surface area (Å²) in [5.74, 6) is 1.74. The van der Waals surface area contributed by atoms with Crippen LogP contribution in [0, 0.1) is 0 Å². The summed E-state index contributed by atoms with van der Waals surface area (Å²) in [6.07, 6.45) is 8.73. The molecule has 0 spiro atoms. The molecule has 0 bridgehead atoms. The van der Waals surface area contributed by atoms with E-state index in [1.165, 1.54) is 19.4 Å². The number of likely N-dealkylation sites (tertiary alicyclic amines) is 2. The lowest BCUT2D eigenvalue weighted by atomic mass is 10.0. The van der Waals surface area contributed by atoms with Crippen molar-refractivity contribution in [2.75, 3.05) is 20.1 Å². The average molecular weight is 334 g/mol. The van der Waals surface area contributed by atoms with Crippen LogP contribution in [0.4, 0.5) is 0 Å². The Labute approximate surface area is 144 Å². The molecule has 0 unspecified atom stereocenters. The molecule has 3 heterocycles. The lowest BCUT2D eigenvalue weighted by Crippen LogP contribution is -2.47. The van der Waals surface area contributed by atoms with Crippen molar-refractivity contribution in [1.29, 1.82) is 0 Å². The first-order valence-corrected chi connectivity index (χ1v) is 9.50. The maximum absolute atomic E-state index is 12.7. The topological polar surface area (TPSA) is 62.5 Å². The zero-order chi connectivity index (χ0) is 16.9. The summed E-state index contributed by atoms with van der Waals surface area (Å²) in [5.41, 5.74) is 0. The molecule has 134 valence electrons. The molecule has 2 aliphatic rings. The molecule has 3 rings (SSSR count). The molecule has 0 N–H and O–H groups in total. The van der Waals surface area contributed by atoms with Gasteiger partial charge in [0.25, 0.3) is 0 Å². The minimum Gasteiger partial charge on any atom is -0.339 e. The van der Waals surface area contributed by atoms with Crippen molar-refractivity contribution in [3.8, 4) is 0 Å². The molecule has 6 nitrogen and oxygen atoms in total. The van der Waals surface area contributed by atoms with E-state index < -0.39 is 0 Å². The van der Waals surface area contributed by atoms with Gasteiger partial charge in [-0.15, -0.1) is 0 Å². The summed E-state index contributed by atoms with van der Waals surface area (Å²) in [6.45, 7) is 4.19. The van der Waals surface area contributed by atoms with Crippen LogP contribution in [0.2, 0.25) is 0 Å². The van der Waals surface area contributed by atoms with Gasteiger partial charge in [0, 0.05) is 37.9 Å². The minimum atomic E-state index is 0.297. The van der Waals surface area contributed by atoms with Crippen molar-refractivity contribution in [3.05, 3.63) is 11.7 Å². The van der Waals surface area contributed by atoms with Crippen molar-refractivity contribution in [3.63, 3.8) is 0 Å². The monoisotopic (exact) mass is 334 g/mol. The van der Waals surface area contributed by atoms with Crippen LogP contribution in [0.15, 0.2) is 4.52 Å². The molecule has 0 radical (unpaired) electrons. The Bertz CT molecular complexity index is 545. The molecule has 2 atom stereocenters. The number of hydrogen-bond donors (Lipinski definition) is 0. The van der Waals surface area contributed by atoms with Crippen LogP contribution >= 0.6 is 0 Å². The predicted octanol–water partition coefficient (Wildman–Crippen LogP) is 2.43. The van der Waals surface area contributed by atoms with Crippen molar-refractivity contribution >= 4 is 5.91 Å². The van der Waals surface area contributed by atoms with E-state index >= 15 is 0 Å². The highest BCUT2D eigenvalue weighted by Crippen LogP contribution is 2.29. The highest BCUT2D eigenvalue weighted by molar-refractivity contribution is 5.76. The Hall–Kier alpha value is -1.43. The Morgan fingerprint density at radius 2 is 2.00 bits per heavy atom. The van der Waals surface area contributed by atoms with E-state index in [9.17, 15) is 4.79 Å². The fraction of sp³-hybridized carbons (Fsp3) is 0.833.